The Bertz CT molecular complexity index is 2810. The van der Waals surface area contributed by atoms with E-state index in [0.29, 0.717) is 17.5 Å². The van der Waals surface area contributed by atoms with E-state index in [9.17, 15) is 0 Å². The maximum atomic E-state index is 6.59. The van der Waals surface area contributed by atoms with Crippen molar-refractivity contribution in [2.24, 2.45) is 0 Å². The monoisotopic (exact) mass is 659 g/mol. The second kappa shape index (κ2) is 11.8. The average Bonchev–Trinajstić information content (AvgIpc) is 3.77. The number of aromatic nitrogens is 3. The van der Waals surface area contributed by atoms with Crippen LogP contribution < -0.4 is 0 Å². The van der Waals surface area contributed by atoms with Gasteiger partial charge in [0.1, 0.15) is 11.2 Å². The molecule has 3 heterocycles. The fraction of sp³-hybridized carbons (Fsp3) is 0.0444. The summed E-state index contributed by atoms with van der Waals surface area (Å²) < 4.78 is 9.14. The molecule has 10 rings (SSSR count). The van der Waals surface area contributed by atoms with E-state index in [2.05, 4.69) is 121 Å². The quantitative estimate of drug-likeness (QED) is 0.184. The number of benzene rings is 6. The molecule has 0 saturated heterocycles. The van der Waals surface area contributed by atoms with Crippen LogP contribution in [0.5, 0.6) is 0 Å². The molecule has 0 bridgehead atoms. The van der Waals surface area contributed by atoms with Gasteiger partial charge in [-0.2, -0.15) is 0 Å². The van der Waals surface area contributed by atoms with Crippen molar-refractivity contribution in [1.29, 1.82) is 0 Å². The molecule has 0 N–H and O–H groups in total. The van der Waals surface area contributed by atoms with E-state index in [4.69, 9.17) is 19.4 Å². The Morgan fingerprint density at radius 1 is 0.420 bits per heavy atom. The Hall–Kier alpha value is -6.17. The van der Waals surface area contributed by atoms with E-state index in [1.165, 1.54) is 36.9 Å². The maximum absolute atomic E-state index is 6.59. The van der Waals surface area contributed by atoms with Crippen molar-refractivity contribution in [3.63, 3.8) is 0 Å². The fourth-order valence-corrected chi connectivity index (χ4v) is 8.48. The number of furan rings is 1. The van der Waals surface area contributed by atoms with Gasteiger partial charge in [0.05, 0.1) is 0 Å². The van der Waals surface area contributed by atoms with Gasteiger partial charge in [-0.3, -0.25) is 0 Å². The third-order valence-corrected chi connectivity index (χ3v) is 10.8. The SMILES string of the molecule is C1=C(c2ccccc2)CCC(c2nc(-c3ccccc3)nc(-c3cccc4oc5cccc(-c6cccc7sc8ccccc8c67)c5c34)n2)=C1. The molecule has 236 valence electrons. The Kier molecular flexibility index (Phi) is 6.78. The van der Waals surface area contributed by atoms with Crippen LogP contribution in [0.2, 0.25) is 0 Å². The molecule has 50 heavy (non-hydrogen) atoms. The predicted octanol–water partition coefficient (Wildman–Crippen LogP) is 12.4. The molecular formula is C45H29N3OS. The number of rotatable bonds is 5. The molecule has 0 spiro atoms. The van der Waals surface area contributed by atoms with E-state index in [-0.39, 0.29) is 0 Å². The van der Waals surface area contributed by atoms with Crippen molar-refractivity contribution in [3.8, 4) is 33.9 Å². The summed E-state index contributed by atoms with van der Waals surface area (Å²) in [5.41, 5.74) is 9.53. The van der Waals surface area contributed by atoms with Crippen molar-refractivity contribution in [2.75, 3.05) is 0 Å². The first-order valence-corrected chi connectivity index (χ1v) is 17.7. The minimum Gasteiger partial charge on any atom is -0.456 e. The summed E-state index contributed by atoms with van der Waals surface area (Å²) in [5, 5.41) is 4.62. The summed E-state index contributed by atoms with van der Waals surface area (Å²) >= 11 is 1.84. The lowest BCUT2D eigenvalue weighted by molar-refractivity contribution is 0.669. The molecule has 0 amide bonds. The zero-order chi connectivity index (χ0) is 33.0. The zero-order valence-corrected chi connectivity index (χ0v) is 27.8. The summed E-state index contributed by atoms with van der Waals surface area (Å²) in [7, 11) is 0. The molecule has 0 fully saturated rings. The van der Waals surface area contributed by atoms with Gasteiger partial charge in [0.25, 0.3) is 0 Å². The van der Waals surface area contributed by atoms with Crippen LogP contribution in [0, 0.1) is 0 Å². The van der Waals surface area contributed by atoms with E-state index in [1.54, 1.807) is 0 Å². The third-order valence-electron chi connectivity index (χ3n) is 9.70. The summed E-state index contributed by atoms with van der Waals surface area (Å²) in [5.74, 6) is 2.00. The van der Waals surface area contributed by atoms with E-state index >= 15 is 0 Å². The topological polar surface area (TPSA) is 51.8 Å². The molecule has 5 heteroatoms. The van der Waals surface area contributed by atoms with Crippen molar-refractivity contribution < 1.29 is 4.42 Å². The molecule has 9 aromatic rings. The van der Waals surface area contributed by atoms with Gasteiger partial charge >= 0.3 is 0 Å². The molecule has 6 aromatic carbocycles. The lowest BCUT2D eigenvalue weighted by Gasteiger charge is -2.16. The van der Waals surface area contributed by atoms with Crippen LogP contribution in [0.3, 0.4) is 0 Å². The highest BCUT2D eigenvalue weighted by atomic mass is 32.1. The standard InChI is InChI=1S/C45H29N3OS/c1-3-12-28(13-4-1)29-24-26-31(27-25-29)44-46-43(30-14-5-2-6-15-30)47-45(48-44)35-19-10-21-37-42(35)41-33(17-9-20-36(41)49-37)32-18-11-23-39-40(32)34-16-7-8-22-38(34)50-39/h1-24,26H,25,27H2. The molecule has 3 aromatic heterocycles. The van der Waals surface area contributed by atoms with E-state index in [0.717, 1.165) is 57.0 Å². The second-order valence-electron chi connectivity index (χ2n) is 12.7. The first kappa shape index (κ1) is 28.8. The summed E-state index contributed by atoms with van der Waals surface area (Å²) in [6.45, 7) is 0. The third kappa shape index (κ3) is 4.78. The molecular weight excluding hydrogens is 631 g/mol. The highest BCUT2D eigenvalue weighted by Crippen LogP contribution is 2.45. The van der Waals surface area contributed by atoms with Gasteiger partial charge in [-0.05, 0) is 64.9 Å². The number of hydrogen-bond donors (Lipinski definition) is 0. The second-order valence-corrected chi connectivity index (χ2v) is 13.7. The molecule has 1 aliphatic carbocycles. The molecule has 0 radical (unpaired) electrons. The van der Waals surface area contributed by atoms with E-state index < -0.39 is 0 Å². The normalized spacial score (nSPS) is 13.3. The van der Waals surface area contributed by atoms with Crippen molar-refractivity contribution in [3.05, 3.63) is 163 Å². The van der Waals surface area contributed by atoms with Gasteiger partial charge in [0, 0.05) is 42.1 Å². The molecule has 0 aliphatic heterocycles. The van der Waals surface area contributed by atoms with Crippen LogP contribution in [0.15, 0.2) is 156 Å². The van der Waals surface area contributed by atoms with Crippen molar-refractivity contribution in [2.45, 2.75) is 12.8 Å². The van der Waals surface area contributed by atoms with Crippen LogP contribution in [0.4, 0.5) is 0 Å². The number of thiophene rings is 1. The highest BCUT2D eigenvalue weighted by molar-refractivity contribution is 7.25. The summed E-state index contributed by atoms with van der Waals surface area (Å²) in [4.78, 5) is 15.4. The van der Waals surface area contributed by atoms with Gasteiger partial charge in [-0.1, -0.05) is 127 Å². The minimum atomic E-state index is 0.634. The lowest BCUT2D eigenvalue weighted by atomic mass is 9.93. The Morgan fingerprint density at radius 2 is 0.980 bits per heavy atom. The number of allylic oxidation sites excluding steroid dienone is 4. The molecule has 0 atom stereocenters. The summed E-state index contributed by atoms with van der Waals surface area (Å²) in [6, 6.07) is 48.6. The smallest absolute Gasteiger partial charge is 0.164 e. The van der Waals surface area contributed by atoms with Crippen LogP contribution >= 0.6 is 11.3 Å². The Balaban J connectivity index is 1.20. The minimum absolute atomic E-state index is 0.634. The molecule has 4 nitrogen and oxygen atoms in total. The first-order chi connectivity index (χ1) is 24.8. The highest BCUT2D eigenvalue weighted by Gasteiger charge is 2.22. The lowest BCUT2D eigenvalue weighted by Crippen LogP contribution is -2.04. The van der Waals surface area contributed by atoms with Gasteiger partial charge in [-0.15, -0.1) is 11.3 Å². The number of fused-ring (bicyclic) bond motifs is 6. The van der Waals surface area contributed by atoms with Gasteiger partial charge in [-0.25, -0.2) is 15.0 Å². The molecule has 0 unspecified atom stereocenters. The number of nitrogens with zero attached hydrogens (tertiary/aromatic N) is 3. The van der Waals surface area contributed by atoms with Crippen molar-refractivity contribution in [1.82, 2.24) is 15.0 Å². The maximum Gasteiger partial charge on any atom is 0.164 e. The van der Waals surface area contributed by atoms with Crippen LogP contribution in [0.25, 0.3) is 87.2 Å². The zero-order valence-electron chi connectivity index (χ0n) is 27.0. The fourth-order valence-electron chi connectivity index (χ4n) is 7.35. The van der Waals surface area contributed by atoms with Gasteiger partial charge in [0.15, 0.2) is 17.5 Å². The molecule has 1 aliphatic rings. The van der Waals surface area contributed by atoms with Crippen LogP contribution in [-0.4, -0.2) is 15.0 Å². The van der Waals surface area contributed by atoms with Crippen LogP contribution in [-0.2, 0) is 0 Å². The molecule has 0 saturated carbocycles. The van der Waals surface area contributed by atoms with E-state index in [1.807, 2.05) is 41.7 Å². The Labute approximate surface area is 292 Å². The number of hydrogen-bond acceptors (Lipinski definition) is 5. The van der Waals surface area contributed by atoms with Gasteiger partial charge < -0.3 is 4.42 Å². The average molecular weight is 660 g/mol. The Morgan fingerprint density at radius 3 is 1.74 bits per heavy atom. The predicted molar refractivity (Wildman–Crippen MR) is 208 cm³/mol. The van der Waals surface area contributed by atoms with Crippen LogP contribution in [0.1, 0.15) is 24.2 Å². The summed E-state index contributed by atoms with van der Waals surface area (Å²) in [6.07, 6.45) is 6.16. The largest absolute Gasteiger partial charge is 0.456 e. The first-order valence-electron chi connectivity index (χ1n) is 16.9. The van der Waals surface area contributed by atoms with Gasteiger partial charge in [0.2, 0.25) is 0 Å². The van der Waals surface area contributed by atoms with Crippen molar-refractivity contribution >= 4 is 64.6 Å².